The Balaban J connectivity index is 1.72. The fourth-order valence-corrected chi connectivity index (χ4v) is 8.72. The third-order valence-corrected chi connectivity index (χ3v) is 11.4. The van der Waals surface area contributed by atoms with E-state index in [1.807, 2.05) is 0 Å². The van der Waals surface area contributed by atoms with E-state index in [4.69, 9.17) is 32.3 Å². The molecule has 0 amide bonds. The van der Waals surface area contributed by atoms with Gasteiger partial charge in [-0.15, -0.1) is 0 Å². The lowest BCUT2D eigenvalue weighted by Crippen LogP contribution is -2.41. The molecule has 19 heteroatoms. The molecule has 2 aromatic carbocycles. The van der Waals surface area contributed by atoms with Gasteiger partial charge >= 0.3 is 33.0 Å². The SMILES string of the molecule is Cc1cn([C@H]2O[C@@H](CO[P@](=O)(C[C@@H](C)C(=O)OC(C)C)Oc3ccccc3)C(O[P@](=O)(N[C@@H](C)C(=O)OC(C)C)Oc3ccccc3)[C@H]2F)c(=O)[nH]c1=O. The van der Waals surface area contributed by atoms with Crippen LogP contribution in [0.15, 0.2) is 76.4 Å². The Morgan fingerprint density at radius 1 is 0.889 bits per heavy atom. The van der Waals surface area contributed by atoms with Crippen molar-refractivity contribution in [3.05, 3.63) is 93.3 Å². The molecule has 1 fully saturated rings. The van der Waals surface area contributed by atoms with Crippen LogP contribution in [0.2, 0.25) is 0 Å². The third-order valence-electron chi connectivity index (χ3n) is 7.65. The lowest BCUT2D eigenvalue weighted by molar-refractivity contribution is -0.151. The Morgan fingerprint density at radius 2 is 1.44 bits per heavy atom. The molecular weight excluding hydrogens is 751 g/mol. The first-order chi connectivity index (χ1) is 25.4. The average molecular weight is 798 g/mol. The van der Waals surface area contributed by atoms with Gasteiger partial charge in [-0.3, -0.25) is 33.0 Å². The lowest BCUT2D eigenvalue weighted by atomic mass is 10.1. The number of nitrogens with one attached hydrogen (secondary N) is 2. The second-order valence-electron chi connectivity index (χ2n) is 13.2. The number of halogens is 1. The fourth-order valence-electron chi connectivity index (χ4n) is 5.14. The van der Waals surface area contributed by atoms with Crippen LogP contribution >= 0.6 is 15.3 Å². The van der Waals surface area contributed by atoms with Crippen LogP contribution in [0.5, 0.6) is 11.5 Å². The highest BCUT2D eigenvalue weighted by molar-refractivity contribution is 7.54. The Bertz CT molecular complexity index is 1940. The molecular formula is C35H46FN3O13P2. The number of ether oxygens (including phenoxy) is 3. The van der Waals surface area contributed by atoms with E-state index in [9.17, 15) is 28.3 Å². The van der Waals surface area contributed by atoms with E-state index in [0.29, 0.717) is 0 Å². The topological polar surface area (TPSA) is 200 Å². The molecule has 0 bridgehead atoms. The summed E-state index contributed by atoms with van der Waals surface area (Å²) in [5, 5.41) is 2.48. The van der Waals surface area contributed by atoms with Crippen LogP contribution in [-0.4, -0.2) is 70.9 Å². The monoisotopic (exact) mass is 797 g/mol. The zero-order valence-electron chi connectivity index (χ0n) is 30.9. The maximum atomic E-state index is 16.7. The summed E-state index contributed by atoms with van der Waals surface area (Å²) in [6, 6.07) is 14.4. The molecule has 3 aromatic rings. The highest BCUT2D eigenvalue weighted by atomic mass is 31.2. The molecule has 0 spiro atoms. The van der Waals surface area contributed by atoms with E-state index in [1.165, 1.54) is 45.0 Å². The summed E-state index contributed by atoms with van der Waals surface area (Å²) in [7, 11) is -9.08. The van der Waals surface area contributed by atoms with Gasteiger partial charge in [0.2, 0.25) is 0 Å². The van der Waals surface area contributed by atoms with Crippen molar-refractivity contribution in [3.63, 3.8) is 0 Å². The fraction of sp³-hybridized carbons (Fsp3) is 0.486. The van der Waals surface area contributed by atoms with Crippen molar-refractivity contribution in [3.8, 4) is 11.5 Å². The van der Waals surface area contributed by atoms with Gasteiger partial charge in [-0.25, -0.2) is 18.3 Å². The minimum atomic E-state index is -4.77. The van der Waals surface area contributed by atoms with Crippen LogP contribution in [-0.2, 0) is 42.0 Å². The number of benzene rings is 2. The van der Waals surface area contributed by atoms with Gasteiger partial charge in [0.25, 0.3) is 5.56 Å². The van der Waals surface area contributed by atoms with Crippen molar-refractivity contribution in [1.29, 1.82) is 0 Å². The van der Waals surface area contributed by atoms with Gasteiger partial charge in [-0.05, 0) is 65.8 Å². The van der Waals surface area contributed by atoms with Crippen molar-refractivity contribution in [1.82, 2.24) is 14.6 Å². The molecule has 1 saturated heterocycles. The molecule has 1 aromatic heterocycles. The molecule has 0 radical (unpaired) electrons. The van der Waals surface area contributed by atoms with Crippen LogP contribution in [0, 0.1) is 12.8 Å². The summed E-state index contributed by atoms with van der Waals surface area (Å²) in [4.78, 5) is 52.6. The summed E-state index contributed by atoms with van der Waals surface area (Å²) in [5.41, 5.74) is -1.70. The van der Waals surface area contributed by atoms with Crippen molar-refractivity contribution in [2.75, 3.05) is 12.8 Å². The Morgan fingerprint density at radius 3 is 2.02 bits per heavy atom. The van der Waals surface area contributed by atoms with Crippen molar-refractivity contribution >= 4 is 27.3 Å². The van der Waals surface area contributed by atoms with Gasteiger partial charge in [0.1, 0.15) is 29.7 Å². The van der Waals surface area contributed by atoms with Gasteiger partial charge in [0.05, 0.1) is 30.9 Å². The van der Waals surface area contributed by atoms with Crippen molar-refractivity contribution < 1.29 is 55.4 Å². The van der Waals surface area contributed by atoms with Crippen LogP contribution in [0.25, 0.3) is 0 Å². The van der Waals surface area contributed by atoms with Crippen LogP contribution < -0.4 is 25.4 Å². The van der Waals surface area contributed by atoms with Gasteiger partial charge in [0.15, 0.2) is 12.4 Å². The lowest BCUT2D eigenvalue weighted by Gasteiger charge is -2.28. The number of aryl methyl sites for hydroxylation is 1. The number of nitrogens with zero attached hydrogens (tertiary/aromatic N) is 1. The maximum Gasteiger partial charge on any atom is 0.459 e. The summed E-state index contributed by atoms with van der Waals surface area (Å²) in [6.45, 7) is 9.97. The highest BCUT2D eigenvalue weighted by Crippen LogP contribution is 2.53. The van der Waals surface area contributed by atoms with Crippen LogP contribution in [0.4, 0.5) is 4.39 Å². The normalized spacial score (nSPS) is 21.8. The number of aromatic amines is 1. The first kappa shape index (κ1) is 42.6. The number of carbonyl (C=O) groups is 2. The number of rotatable bonds is 18. The third kappa shape index (κ3) is 11.7. The average Bonchev–Trinajstić information content (AvgIpc) is 3.39. The summed E-state index contributed by atoms with van der Waals surface area (Å²) < 4.78 is 86.1. The molecule has 296 valence electrons. The number of para-hydroxylation sites is 2. The quantitative estimate of drug-likeness (QED) is 0.121. The minimum absolute atomic E-state index is 0.0203. The van der Waals surface area contributed by atoms with E-state index in [2.05, 4.69) is 10.1 Å². The predicted octanol–water partition coefficient (Wildman–Crippen LogP) is 5.46. The smallest absolute Gasteiger partial charge is 0.459 e. The first-order valence-corrected chi connectivity index (χ1v) is 20.5. The predicted molar refractivity (Wildman–Crippen MR) is 194 cm³/mol. The molecule has 2 N–H and O–H groups in total. The number of alkyl halides is 1. The second-order valence-corrected chi connectivity index (χ2v) is 16.9. The zero-order chi connectivity index (χ0) is 39.8. The van der Waals surface area contributed by atoms with E-state index in [1.54, 1.807) is 64.1 Å². The van der Waals surface area contributed by atoms with Crippen molar-refractivity contribution in [2.24, 2.45) is 5.92 Å². The second kappa shape index (κ2) is 18.5. The van der Waals surface area contributed by atoms with E-state index in [0.717, 1.165) is 10.8 Å². The first-order valence-electron chi connectivity index (χ1n) is 17.2. The van der Waals surface area contributed by atoms with Crippen LogP contribution in [0.1, 0.15) is 53.3 Å². The molecule has 1 unspecified atom stereocenters. The zero-order valence-corrected chi connectivity index (χ0v) is 32.7. The van der Waals surface area contributed by atoms with E-state index < -0.39 is 100 Å². The van der Waals surface area contributed by atoms with Crippen LogP contribution in [0.3, 0.4) is 0 Å². The largest absolute Gasteiger partial charge is 0.463 e. The molecule has 0 aliphatic carbocycles. The van der Waals surface area contributed by atoms with Gasteiger partial charge < -0.3 is 23.3 Å². The molecule has 4 rings (SSSR count). The molecule has 8 atom stereocenters. The number of H-pyrrole nitrogens is 1. The molecule has 1 aliphatic rings. The standard InChI is InChI=1S/C35H46FN3O13P2/c1-21(2)47-33(41)24(6)20-53(44,50-26-14-10-8-11-15-26)46-19-28-30(29(36)32(49-28)39-18-23(5)31(40)37-35(39)43)52-54(45,51-27-16-12-9-13-17-27)38-25(7)34(42)48-22(3)4/h8-18,21-22,24-25,28-30,32H,19-20H2,1-7H3,(H,38,45)(H,37,40,43)/t24-,25+,28+,29-,30?,32+,53-,54+/m1/s1. The van der Waals surface area contributed by atoms with E-state index in [-0.39, 0.29) is 17.1 Å². The van der Waals surface area contributed by atoms with E-state index >= 15 is 4.39 Å². The van der Waals surface area contributed by atoms with Gasteiger partial charge in [-0.2, -0.15) is 5.09 Å². The van der Waals surface area contributed by atoms with Crippen molar-refractivity contribution in [2.45, 2.75) is 91.3 Å². The molecule has 16 nitrogen and oxygen atoms in total. The van der Waals surface area contributed by atoms with Gasteiger partial charge in [-0.1, -0.05) is 43.3 Å². The number of esters is 2. The number of aromatic nitrogens is 2. The molecule has 54 heavy (non-hydrogen) atoms. The summed E-state index contributed by atoms with van der Waals surface area (Å²) in [5.74, 6) is -2.32. The Kier molecular flexibility index (Phi) is 14.6. The summed E-state index contributed by atoms with van der Waals surface area (Å²) in [6.07, 6.45) is -8.00. The summed E-state index contributed by atoms with van der Waals surface area (Å²) >= 11 is 0. The number of carbonyl (C=O) groups excluding carboxylic acids is 2. The Labute approximate surface area is 311 Å². The number of hydrogen-bond donors (Lipinski definition) is 2. The molecule has 2 heterocycles. The maximum absolute atomic E-state index is 16.7. The minimum Gasteiger partial charge on any atom is -0.463 e. The van der Waals surface area contributed by atoms with Gasteiger partial charge in [0, 0.05) is 11.8 Å². The molecule has 1 aliphatic heterocycles. The highest BCUT2D eigenvalue weighted by Gasteiger charge is 2.52. The number of hydrogen-bond acceptors (Lipinski definition) is 13. The molecule has 0 saturated carbocycles. The Hall–Kier alpha value is -4.11.